The van der Waals surface area contributed by atoms with Gasteiger partial charge in [0.25, 0.3) is 0 Å². The smallest absolute Gasteiger partial charge is 0.396 e. The summed E-state index contributed by atoms with van der Waals surface area (Å²) in [4.78, 5) is 0. The van der Waals surface area contributed by atoms with Crippen LogP contribution in [0.15, 0.2) is 0 Å². The summed E-state index contributed by atoms with van der Waals surface area (Å²) in [6.45, 7) is 9.84. The number of aliphatic hydroxyl groups excluding tert-OH is 1. The molecule has 140 valence electrons. The molecular weight excluding hydrogens is 315 g/mol. The summed E-state index contributed by atoms with van der Waals surface area (Å²) in [5.41, 5.74) is -0.570. The van der Waals surface area contributed by atoms with Gasteiger partial charge in [-0.05, 0) is 47.5 Å². The molecule has 0 aliphatic rings. The van der Waals surface area contributed by atoms with E-state index in [1.807, 2.05) is 34.6 Å². The third-order valence-corrected chi connectivity index (χ3v) is 4.98. The van der Waals surface area contributed by atoms with E-state index < -0.39 is 13.4 Å². The zero-order chi connectivity index (χ0) is 17.8. The van der Waals surface area contributed by atoms with Crippen molar-refractivity contribution < 1.29 is 23.2 Å². The summed E-state index contributed by atoms with van der Waals surface area (Å²) in [5.74, 6) is 0. The maximum atomic E-state index is 12.6. The normalized spacial score (nSPS) is 15.1. The first kappa shape index (κ1) is 23.1. The molecule has 1 unspecified atom stereocenters. The minimum atomic E-state index is -3.49. The Morgan fingerprint density at radius 3 is 1.83 bits per heavy atom. The molecule has 0 heterocycles. The summed E-state index contributed by atoms with van der Waals surface area (Å²) >= 11 is 0. The second kappa shape index (κ2) is 12.4. The van der Waals surface area contributed by atoms with Crippen LogP contribution in [0, 0.1) is 0 Å². The van der Waals surface area contributed by atoms with Crippen LogP contribution in [0.4, 0.5) is 0 Å². The van der Waals surface area contributed by atoms with E-state index in [2.05, 4.69) is 0 Å². The standard InChI is InChI=1S/C17H37O5P/c1-16(2)21-23(19,22-17(3,4)5)20-15-13-11-9-7-6-8-10-12-14-18/h16,18H,6-15H2,1-5H3. The van der Waals surface area contributed by atoms with Crippen molar-refractivity contribution in [1.82, 2.24) is 0 Å². The highest BCUT2D eigenvalue weighted by Gasteiger charge is 2.33. The van der Waals surface area contributed by atoms with Crippen molar-refractivity contribution in [2.45, 2.75) is 97.7 Å². The van der Waals surface area contributed by atoms with Crippen LogP contribution in [-0.4, -0.2) is 30.0 Å². The third-order valence-electron chi connectivity index (χ3n) is 3.03. The van der Waals surface area contributed by atoms with Crippen LogP contribution in [0.5, 0.6) is 0 Å². The number of phosphoric acid groups is 1. The number of unbranched alkanes of at least 4 members (excludes halogenated alkanes) is 7. The van der Waals surface area contributed by atoms with Crippen molar-refractivity contribution in [2.24, 2.45) is 0 Å². The molecule has 0 aromatic rings. The Hall–Kier alpha value is 0.0700. The molecule has 0 spiro atoms. The van der Waals surface area contributed by atoms with Crippen LogP contribution in [0.2, 0.25) is 0 Å². The lowest BCUT2D eigenvalue weighted by atomic mass is 10.1. The van der Waals surface area contributed by atoms with Gasteiger partial charge < -0.3 is 5.11 Å². The van der Waals surface area contributed by atoms with Gasteiger partial charge >= 0.3 is 7.82 Å². The molecule has 6 heteroatoms. The SMILES string of the molecule is CC(C)OP(=O)(OCCCCCCCCCCO)OC(C)(C)C. The molecule has 0 aliphatic carbocycles. The van der Waals surface area contributed by atoms with Gasteiger partial charge in [0.15, 0.2) is 0 Å². The lowest BCUT2D eigenvalue weighted by molar-refractivity contribution is 0.0306. The lowest BCUT2D eigenvalue weighted by Crippen LogP contribution is -2.20. The van der Waals surface area contributed by atoms with Crippen molar-refractivity contribution in [3.63, 3.8) is 0 Å². The Kier molecular flexibility index (Phi) is 12.5. The first-order valence-corrected chi connectivity index (χ1v) is 10.4. The molecule has 23 heavy (non-hydrogen) atoms. The van der Waals surface area contributed by atoms with Gasteiger partial charge in [-0.3, -0.25) is 13.6 Å². The summed E-state index contributed by atoms with van der Waals surface area (Å²) in [6.07, 6.45) is 8.47. The van der Waals surface area contributed by atoms with Crippen LogP contribution in [0.1, 0.15) is 86.0 Å². The summed E-state index contributed by atoms with van der Waals surface area (Å²) in [5, 5.41) is 8.70. The Balaban J connectivity index is 3.85. The molecule has 0 aliphatic heterocycles. The lowest BCUT2D eigenvalue weighted by Gasteiger charge is -2.27. The maximum Gasteiger partial charge on any atom is 0.475 e. The van der Waals surface area contributed by atoms with E-state index in [1.54, 1.807) is 0 Å². The van der Waals surface area contributed by atoms with Crippen LogP contribution in [0.25, 0.3) is 0 Å². The van der Waals surface area contributed by atoms with Gasteiger partial charge in [0.05, 0.1) is 18.3 Å². The van der Waals surface area contributed by atoms with Gasteiger partial charge in [0.2, 0.25) is 0 Å². The highest BCUT2D eigenvalue weighted by atomic mass is 31.2. The predicted octanol–water partition coefficient (Wildman–Crippen LogP) is 5.46. The van der Waals surface area contributed by atoms with Crippen molar-refractivity contribution in [3.05, 3.63) is 0 Å². The molecule has 0 bridgehead atoms. The number of aliphatic hydroxyl groups is 1. The molecule has 0 aromatic carbocycles. The van der Waals surface area contributed by atoms with E-state index >= 15 is 0 Å². The maximum absolute atomic E-state index is 12.6. The number of hydrogen-bond donors (Lipinski definition) is 1. The summed E-state index contributed by atoms with van der Waals surface area (Å²) in [6, 6.07) is 0. The Labute approximate surface area is 142 Å². The minimum absolute atomic E-state index is 0.206. The van der Waals surface area contributed by atoms with E-state index in [4.69, 9.17) is 18.7 Å². The topological polar surface area (TPSA) is 65.0 Å². The van der Waals surface area contributed by atoms with E-state index in [0.717, 1.165) is 32.1 Å². The Bertz CT molecular complexity index is 325. The number of hydrogen-bond acceptors (Lipinski definition) is 5. The molecule has 0 saturated heterocycles. The molecule has 0 radical (unpaired) electrons. The van der Waals surface area contributed by atoms with E-state index in [-0.39, 0.29) is 6.10 Å². The average Bonchev–Trinajstić information content (AvgIpc) is 2.37. The summed E-state index contributed by atoms with van der Waals surface area (Å²) < 4.78 is 28.9. The molecule has 1 N–H and O–H groups in total. The predicted molar refractivity (Wildman–Crippen MR) is 94.6 cm³/mol. The fourth-order valence-electron chi connectivity index (χ4n) is 2.12. The van der Waals surface area contributed by atoms with Gasteiger partial charge in [0.1, 0.15) is 0 Å². The van der Waals surface area contributed by atoms with Gasteiger partial charge in [-0.2, -0.15) is 0 Å². The van der Waals surface area contributed by atoms with Crippen molar-refractivity contribution in [1.29, 1.82) is 0 Å². The number of phosphoric ester groups is 1. The quantitative estimate of drug-likeness (QED) is 0.332. The summed E-state index contributed by atoms with van der Waals surface area (Å²) in [7, 11) is -3.49. The molecular formula is C17H37O5P. The Morgan fingerprint density at radius 1 is 0.913 bits per heavy atom. The highest BCUT2D eigenvalue weighted by Crippen LogP contribution is 2.53. The van der Waals surface area contributed by atoms with E-state index in [1.165, 1.54) is 19.3 Å². The first-order chi connectivity index (χ1) is 10.7. The zero-order valence-electron chi connectivity index (χ0n) is 15.7. The highest BCUT2D eigenvalue weighted by molar-refractivity contribution is 7.48. The fraction of sp³-hybridized carbons (Fsp3) is 1.00. The van der Waals surface area contributed by atoms with Crippen molar-refractivity contribution in [3.8, 4) is 0 Å². The second-order valence-electron chi connectivity index (χ2n) is 7.19. The third kappa shape index (κ3) is 15.3. The van der Waals surface area contributed by atoms with Crippen LogP contribution in [-0.2, 0) is 18.1 Å². The molecule has 0 amide bonds. The average molecular weight is 352 g/mol. The first-order valence-electron chi connectivity index (χ1n) is 8.93. The van der Waals surface area contributed by atoms with Crippen molar-refractivity contribution in [2.75, 3.05) is 13.2 Å². The van der Waals surface area contributed by atoms with Gasteiger partial charge in [0, 0.05) is 6.61 Å². The minimum Gasteiger partial charge on any atom is -0.396 e. The second-order valence-corrected chi connectivity index (χ2v) is 8.74. The zero-order valence-corrected chi connectivity index (χ0v) is 16.6. The van der Waals surface area contributed by atoms with Gasteiger partial charge in [-0.1, -0.05) is 38.5 Å². The molecule has 0 rings (SSSR count). The van der Waals surface area contributed by atoms with Crippen molar-refractivity contribution >= 4 is 7.82 Å². The molecule has 0 fully saturated rings. The van der Waals surface area contributed by atoms with E-state index in [9.17, 15) is 4.57 Å². The van der Waals surface area contributed by atoms with Crippen LogP contribution >= 0.6 is 7.82 Å². The van der Waals surface area contributed by atoms with Gasteiger partial charge in [-0.25, -0.2) is 4.57 Å². The van der Waals surface area contributed by atoms with E-state index in [0.29, 0.717) is 13.2 Å². The molecule has 0 aromatic heterocycles. The number of rotatable bonds is 14. The largest absolute Gasteiger partial charge is 0.475 e. The fourth-order valence-corrected chi connectivity index (χ4v) is 3.82. The molecule has 1 atom stereocenters. The molecule has 5 nitrogen and oxygen atoms in total. The molecule has 0 saturated carbocycles. The van der Waals surface area contributed by atoms with Crippen LogP contribution < -0.4 is 0 Å². The Morgan fingerprint density at radius 2 is 1.39 bits per heavy atom. The van der Waals surface area contributed by atoms with Crippen LogP contribution in [0.3, 0.4) is 0 Å². The monoisotopic (exact) mass is 352 g/mol. The van der Waals surface area contributed by atoms with Gasteiger partial charge in [-0.15, -0.1) is 0 Å².